The Bertz CT molecular complexity index is 916. The first-order chi connectivity index (χ1) is 12.2. The van der Waals surface area contributed by atoms with Crippen molar-refractivity contribution in [2.75, 3.05) is 13.1 Å². The van der Waals surface area contributed by atoms with Gasteiger partial charge in [0.1, 0.15) is 16.3 Å². The van der Waals surface area contributed by atoms with E-state index in [0.29, 0.717) is 19.2 Å². The first-order valence-corrected chi connectivity index (χ1v) is 9.17. The van der Waals surface area contributed by atoms with Gasteiger partial charge in [-0.25, -0.2) is 0 Å². The molecule has 0 aliphatic carbocycles. The molecule has 1 saturated heterocycles. The molecule has 1 amide bonds. The second kappa shape index (κ2) is 6.67. The SMILES string of the molecule is O=C(c1cc(S(=O)(=O)Oc2cccc(C(F)(F)F)c2)c[nH]1)N1CCCC1. The molecule has 10 heteroatoms. The van der Waals surface area contributed by atoms with E-state index in [1.165, 1.54) is 0 Å². The van der Waals surface area contributed by atoms with Crippen molar-refractivity contribution in [3.63, 3.8) is 0 Å². The Labute approximate surface area is 147 Å². The van der Waals surface area contributed by atoms with E-state index in [1.54, 1.807) is 4.90 Å². The fourth-order valence-corrected chi connectivity index (χ4v) is 3.55. The van der Waals surface area contributed by atoms with Crippen molar-refractivity contribution in [3.05, 3.63) is 47.8 Å². The van der Waals surface area contributed by atoms with E-state index in [0.717, 1.165) is 43.3 Å². The Morgan fingerprint density at radius 1 is 1.15 bits per heavy atom. The highest BCUT2D eigenvalue weighted by atomic mass is 32.2. The van der Waals surface area contributed by atoms with Crippen molar-refractivity contribution in [1.29, 1.82) is 0 Å². The zero-order valence-electron chi connectivity index (χ0n) is 13.4. The summed E-state index contributed by atoms with van der Waals surface area (Å²) in [6.45, 7) is 1.20. The van der Waals surface area contributed by atoms with Gasteiger partial charge >= 0.3 is 16.3 Å². The number of alkyl halides is 3. The molecule has 2 aromatic rings. The summed E-state index contributed by atoms with van der Waals surface area (Å²) >= 11 is 0. The minimum Gasteiger partial charge on any atom is -0.379 e. The Morgan fingerprint density at radius 2 is 1.85 bits per heavy atom. The third-order valence-corrected chi connectivity index (χ3v) is 5.16. The topological polar surface area (TPSA) is 79.5 Å². The van der Waals surface area contributed by atoms with Crippen LogP contribution in [0, 0.1) is 0 Å². The first-order valence-electron chi connectivity index (χ1n) is 7.76. The van der Waals surface area contributed by atoms with Crippen LogP contribution >= 0.6 is 0 Å². The number of rotatable bonds is 4. The number of benzene rings is 1. The molecular weight excluding hydrogens is 373 g/mol. The van der Waals surface area contributed by atoms with Gasteiger partial charge in [-0.15, -0.1) is 0 Å². The van der Waals surface area contributed by atoms with Gasteiger partial charge in [-0.3, -0.25) is 4.79 Å². The zero-order chi connectivity index (χ0) is 18.9. The third kappa shape index (κ3) is 3.85. The number of hydrogen-bond acceptors (Lipinski definition) is 4. The van der Waals surface area contributed by atoms with Crippen molar-refractivity contribution in [2.24, 2.45) is 0 Å². The molecule has 2 heterocycles. The van der Waals surface area contributed by atoms with Gasteiger partial charge in [-0.05, 0) is 37.1 Å². The maximum Gasteiger partial charge on any atom is 0.416 e. The van der Waals surface area contributed by atoms with Crippen LogP contribution < -0.4 is 4.18 Å². The average molecular weight is 388 g/mol. The van der Waals surface area contributed by atoms with Crippen LogP contribution in [0.2, 0.25) is 0 Å². The van der Waals surface area contributed by atoms with Gasteiger partial charge in [0.2, 0.25) is 0 Å². The number of carbonyl (C=O) groups is 1. The Kier molecular flexibility index (Phi) is 4.70. The van der Waals surface area contributed by atoms with Gasteiger partial charge in [0, 0.05) is 19.3 Å². The summed E-state index contributed by atoms with van der Waals surface area (Å²) in [4.78, 5) is 16.1. The molecule has 0 radical (unpaired) electrons. The van der Waals surface area contributed by atoms with Gasteiger partial charge in [0.15, 0.2) is 0 Å². The van der Waals surface area contributed by atoms with Crippen LogP contribution in [0.3, 0.4) is 0 Å². The van der Waals surface area contributed by atoms with E-state index in [2.05, 4.69) is 4.98 Å². The predicted octanol–water partition coefficient (Wildman–Crippen LogP) is 3.04. The largest absolute Gasteiger partial charge is 0.416 e. The molecule has 0 saturated carbocycles. The zero-order valence-corrected chi connectivity index (χ0v) is 14.2. The number of aromatic nitrogens is 1. The van der Waals surface area contributed by atoms with Gasteiger partial charge in [0.05, 0.1) is 5.56 Å². The molecule has 1 N–H and O–H groups in total. The van der Waals surface area contributed by atoms with E-state index in [1.807, 2.05) is 0 Å². The third-order valence-electron chi connectivity index (χ3n) is 3.94. The summed E-state index contributed by atoms with van der Waals surface area (Å²) in [7, 11) is -4.38. The summed E-state index contributed by atoms with van der Waals surface area (Å²) in [6.07, 6.45) is -1.77. The molecule has 0 bridgehead atoms. The van der Waals surface area contributed by atoms with Gasteiger partial charge < -0.3 is 14.1 Å². The first kappa shape index (κ1) is 18.3. The fourth-order valence-electron chi connectivity index (χ4n) is 2.63. The molecule has 3 rings (SSSR count). The molecule has 140 valence electrons. The summed E-state index contributed by atoms with van der Waals surface area (Å²) in [5.41, 5.74) is -0.942. The molecular formula is C16H15F3N2O4S. The molecule has 1 aromatic carbocycles. The van der Waals surface area contributed by atoms with Crippen LogP contribution in [0.1, 0.15) is 28.9 Å². The van der Waals surface area contributed by atoms with E-state index in [9.17, 15) is 26.4 Å². The summed E-state index contributed by atoms with van der Waals surface area (Å²) in [5, 5.41) is 0. The smallest absolute Gasteiger partial charge is 0.379 e. The average Bonchev–Trinajstić information content (AvgIpc) is 3.25. The number of hydrogen-bond donors (Lipinski definition) is 1. The Balaban J connectivity index is 1.80. The Hall–Kier alpha value is -2.49. The molecule has 0 unspecified atom stereocenters. The number of nitrogens with one attached hydrogen (secondary N) is 1. The standard InChI is InChI=1S/C16H15F3N2O4S/c17-16(18,19)11-4-3-5-12(8-11)25-26(23,24)13-9-14(20-10-13)15(22)21-6-1-2-7-21/h3-5,8-10,20H,1-2,6-7H2. The molecule has 26 heavy (non-hydrogen) atoms. The highest BCUT2D eigenvalue weighted by molar-refractivity contribution is 7.87. The van der Waals surface area contributed by atoms with Crippen molar-refractivity contribution < 1.29 is 30.6 Å². The van der Waals surface area contributed by atoms with E-state index in [4.69, 9.17) is 4.18 Å². The maximum atomic E-state index is 12.7. The number of likely N-dealkylation sites (tertiary alicyclic amines) is 1. The number of nitrogens with zero attached hydrogens (tertiary/aromatic N) is 1. The monoisotopic (exact) mass is 388 g/mol. The lowest BCUT2D eigenvalue weighted by Crippen LogP contribution is -2.27. The van der Waals surface area contributed by atoms with Crippen molar-refractivity contribution in [3.8, 4) is 5.75 Å². The fraction of sp³-hybridized carbons (Fsp3) is 0.312. The predicted molar refractivity (Wildman–Crippen MR) is 85.2 cm³/mol. The van der Waals surface area contributed by atoms with E-state index >= 15 is 0 Å². The van der Waals surface area contributed by atoms with Gasteiger partial charge in [0.25, 0.3) is 5.91 Å². The van der Waals surface area contributed by atoms with Crippen LogP contribution in [0.4, 0.5) is 13.2 Å². The van der Waals surface area contributed by atoms with E-state index < -0.39 is 27.6 Å². The number of amides is 1. The molecule has 0 atom stereocenters. The lowest BCUT2D eigenvalue weighted by atomic mass is 10.2. The van der Waals surface area contributed by atoms with Crippen LogP contribution in [0.5, 0.6) is 5.75 Å². The Morgan fingerprint density at radius 3 is 2.50 bits per heavy atom. The maximum absolute atomic E-state index is 12.7. The van der Waals surface area contributed by atoms with E-state index in [-0.39, 0.29) is 16.5 Å². The minimum atomic E-state index is -4.62. The van der Waals surface area contributed by atoms with Crippen molar-refractivity contribution in [1.82, 2.24) is 9.88 Å². The van der Waals surface area contributed by atoms with Gasteiger partial charge in [-0.2, -0.15) is 21.6 Å². The molecule has 1 aliphatic rings. The highest BCUT2D eigenvalue weighted by Crippen LogP contribution is 2.32. The quantitative estimate of drug-likeness (QED) is 0.817. The van der Waals surface area contributed by atoms with Crippen molar-refractivity contribution in [2.45, 2.75) is 23.9 Å². The second-order valence-corrected chi connectivity index (χ2v) is 7.36. The van der Waals surface area contributed by atoms with Crippen LogP contribution in [0.25, 0.3) is 0 Å². The van der Waals surface area contributed by atoms with Gasteiger partial charge in [-0.1, -0.05) is 6.07 Å². The van der Waals surface area contributed by atoms with Crippen LogP contribution in [0.15, 0.2) is 41.4 Å². The summed E-state index contributed by atoms with van der Waals surface area (Å²) in [5.74, 6) is -0.795. The second-order valence-electron chi connectivity index (χ2n) is 5.81. The molecule has 1 fully saturated rings. The number of H-pyrrole nitrogens is 1. The van der Waals surface area contributed by atoms with Crippen LogP contribution in [-0.4, -0.2) is 37.3 Å². The number of carbonyl (C=O) groups excluding carboxylic acids is 1. The highest BCUT2D eigenvalue weighted by Gasteiger charge is 2.31. The number of halogens is 3. The molecule has 6 nitrogen and oxygen atoms in total. The summed E-state index contributed by atoms with van der Waals surface area (Å²) in [6, 6.07) is 4.68. The molecule has 1 aliphatic heterocycles. The molecule has 1 aromatic heterocycles. The minimum absolute atomic E-state index is 0.0816. The normalized spacial score (nSPS) is 15.3. The lowest BCUT2D eigenvalue weighted by molar-refractivity contribution is -0.137. The lowest BCUT2D eigenvalue weighted by Gasteiger charge is -2.13. The van der Waals surface area contributed by atoms with Crippen molar-refractivity contribution >= 4 is 16.0 Å². The number of aromatic amines is 1. The van der Waals surface area contributed by atoms with Crippen LogP contribution in [-0.2, 0) is 16.3 Å². The summed E-state index contributed by atoms with van der Waals surface area (Å²) < 4.78 is 67.4. The molecule has 0 spiro atoms.